The Morgan fingerprint density at radius 1 is 1.45 bits per heavy atom. The normalized spacial score (nSPS) is 21.4. The standard InChI is InChI=1S/C16H22N4O2/c1-13-7-14(3-4-15(13)20-12-18-11-19-20)8-17-9-16(21-2)5-6-22-10-16/h3-4,7,11-12,17H,5-6,8-10H2,1-2H3. The lowest BCUT2D eigenvalue weighted by molar-refractivity contribution is -0.0159. The lowest BCUT2D eigenvalue weighted by atomic mass is 10.0. The smallest absolute Gasteiger partial charge is 0.138 e. The number of nitrogens with one attached hydrogen (secondary N) is 1. The van der Waals surface area contributed by atoms with Crippen LogP contribution in [0.1, 0.15) is 17.5 Å². The van der Waals surface area contributed by atoms with E-state index >= 15 is 0 Å². The molecule has 118 valence electrons. The molecule has 1 aromatic heterocycles. The van der Waals surface area contributed by atoms with E-state index in [0.717, 1.165) is 31.8 Å². The lowest BCUT2D eigenvalue weighted by Crippen LogP contribution is -2.42. The van der Waals surface area contributed by atoms with Crippen molar-refractivity contribution in [2.24, 2.45) is 0 Å². The van der Waals surface area contributed by atoms with E-state index in [1.54, 1.807) is 24.4 Å². The molecule has 0 amide bonds. The van der Waals surface area contributed by atoms with E-state index in [1.165, 1.54) is 11.1 Å². The zero-order valence-electron chi connectivity index (χ0n) is 13.1. The number of benzene rings is 1. The van der Waals surface area contributed by atoms with Crippen LogP contribution in [-0.2, 0) is 16.0 Å². The molecule has 0 radical (unpaired) electrons. The van der Waals surface area contributed by atoms with E-state index in [9.17, 15) is 0 Å². The summed E-state index contributed by atoms with van der Waals surface area (Å²) in [6.45, 7) is 5.14. The zero-order chi connectivity index (χ0) is 15.4. The Labute approximate surface area is 130 Å². The van der Waals surface area contributed by atoms with Crippen LogP contribution in [0.5, 0.6) is 0 Å². The van der Waals surface area contributed by atoms with Crippen LogP contribution in [0.15, 0.2) is 30.9 Å². The Bertz CT molecular complexity index is 607. The highest BCUT2D eigenvalue weighted by molar-refractivity contribution is 5.41. The summed E-state index contributed by atoms with van der Waals surface area (Å²) in [5.41, 5.74) is 3.30. The maximum Gasteiger partial charge on any atom is 0.138 e. The van der Waals surface area contributed by atoms with Gasteiger partial charge >= 0.3 is 0 Å². The fourth-order valence-corrected chi connectivity index (χ4v) is 2.81. The zero-order valence-corrected chi connectivity index (χ0v) is 13.1. The molecular formula is C16H22N4O2. The van der Waals surface area contributed by atoms with Crippen molar-refractivity contribution >= 4 is 0 Å². The minimum Gasteiger partial charge on any atom is -0.378 e. The maximum absolute atomic E-state index is 5.62. The molecule has 0 saturated carbocycles. The predicted octanol–water partition coefficient (Wildman–Crippen LogP) is 1.47. The van der Waals surface area contributed by atoms with Gasteiger partial charge in [0.25, 0.3) is 0 Å². The molecule has 0 spiro atoms. The van der Waals surface area contributed by atoms with Crippen molar-refractivity contribution in [3.8, 4) is 5.69 Å². The van der Waals surface area contributed by atoms with Gasteiger partial charge in [-0.25, -0.2) is 9.67 Å². The third kappa shape index (κ3) is 3.19. The van der Waals surface area contributed by atoms with Gasteiger partial charge in [-0.1, -0.05) is 12.1 Å². The van der Waals surface area contributed by atoms with Crippen molar-refractivity contribution in [2.75, 3.05) is 26.9 Å². The Balaban J connectivity index is 1.60. The molecule has 0 aliphatic carbocycles. The molecule has 1 aromatic carbocycles. The molecule has 2 aromatic rings. The van der Waals surface area contributed by atoms with Gasteiger partial charge in [0.05, 0.1) is 12.3 Å². The molecule has 1 N–H and O–H groups in total. The predicted molar refractivity (Wildman–Crippen MR) is 83.0 cm³/mol. The first-order valence-corrected chi connectivity index (χ1v) is 7.51. The van der Waals surface area contributed by atoms with Gasteiger partial charge in [-0.3, -0.25) is 0 Å². The SMILES string of the molecule is COC1(CNCc2ccc(-n3cncn3)c(C)c2)CCOC1. The average Bonchev–Trinajstić information content (AvgIpc) is 3.19. The average molecular weight is 302 g/mol. The molecule has 6 nitrogen and oxygen atoms in total. The quantitative estimate of drug-likeness (QED) is 0.875. The van der Waals surface area contributed by atoms with E-state index in [0.29, 0.717) is 6.61 Å². The third-order valence-electron chi connectivity index (χ3n) is 4.20. The lowest BCUT2D eigenvalue weighted by Gasteiger charge is -2.26. The number of hydrogen-bond acceptors (Lipinski definition) is 5. The van der Waals surface area contributed by atoms with Crippen LogP contribution in [0.25, 0.3) is 5.69 Å². The van der Waals surface area contributed by atoms with E-state index in [2.05, 4.69) is 40.5 Å². The third-order valence-corrected chi connectivity index (χ3v) is 4.20. The molecule has 1 fully saturated rings. The minimum atomic E-state index is -0.171. The summed E-state index contributed by atoms with van der Waals surface area (Å²) < 4.78 is 12.9. The van der Waals surface area contributed by atoms with Crippen LogP contribution in [0.2, 0.25) is 0 Å². The maximum atomic E-state index is 5.62. The van der Waals surface area contributed by atoms with E-state index in [-0.39, 0.29) is 5.60 Å². The monoisotopic (exact) mass is 302 g/mol. The first-order chi connectivity index (χ1) is 10.7. The van der Waals surface area contributed by atoms with E-state index in [1.807, 2.05) is 0 Å². The molecule has 2 heterocycles. The van der Waals surface area contributed by atoms with Crippen LogP contribution in [-0.4, -0.2) is 47.2 Å². The number of hydrogen-bond donors (Lipinski definition) is 1. The fraction of sp³-hybridized carbons (Fsp3) is 0.500. The Hall–Kier alpha value is -1.76. The van der Waals surface area contributed by atoms with E-state index < -0.39 is 0 Å². The summed E-state index contributed by atoms with van der Waals surface area (Å²) in [5, 5.41) is 7.65. The second-order valence-corrected chi connectivity index (χ2v) is 5.75. The van der Waals surface area contributed by atoms with Gasteiger partial charge in [0, 0.05) is 33.2 Å². The van der Waals surface area contributed by atoms with Gasteiger partial charge in [-0.2, -0.15) is 5.10 Å². The van der Waals surface area contributed by atoms with Gasteiger partial charge in [-0.15, -0.1) is 0 Å². The minimum absolute atomic E-state index is 0.171. The van der Waals surface area contributed by atoms with Crippen LogP contribution in [0.3, 0.4) is 0 Å². The van der Waals surface area contributed by atoms with Crippen LogP contribution in [0.4, 0.5) is 0 Å². The van der Waals surface area contributed by atoms with Crippen molar-refractivity contribution in [2.45, 2.75) is 25.5 Å². The summed E-state index contributed by atoms with van der Waals surface area (Å²) >= 11 is 0. The second-order valence-electron chi connectivity index (χ2n) is 5.75. The Morgan fingerprint density at radius 3 is 3.00 bits per heavy atom. The first-order valence-electron chi connectivity index (χ1n) is 7.51. The summed E-state index contributed by atoms with van der Waals surface area (Å²) in [6.07, 6.45) is 4.20. The highest BCUT2D eigenvalue weighted by Crippen LogP contribution is 2.21. The van der Waals surface area contributed by atoms with Crippen molar-refractivity contribution < 1.29 is 9.47 Å². The van der Waals surface area contributed by atoms with Crippen molar-refractivity contribution in [3.63, 3.8) is 0 Å². The number of aryl methyl sites for hydroxylation is 1. The summed E-state index contributed by atoms with van der Waals surface area (Å²) in [5.74, 6) is 0. The number of methoxy groups -OCH3 is 1. The molecular weight excluding hydrogens is 280 g/mol. The van der Waals surface area contributed by atoms with Gasteiger partial charge in [-0.05, 0) is 24.1 Å². The van der Waals surface area contributed by atoms with Gasteiger partial charge in [0.1, 0.15) is 18.3 Å². The molecule has 6 heteroatoms. The highest BCUT2D eigenvalue weighted by Gasteiger charge is 2.34. The van der Waals surface area contributed by atoms with Crippen LogP contribution < -0.4 is 5.32 Å². The Kier molecular flexibility index (Phi) is 4.52. The Morgan fingerprint density at radius 2 is 2.36 bits per heavy atom. The number of ether oxygens (including phenoxy) is 2. The van der Waals surface area contributed by atoms with Gasteiger partial charge in [0.2, 0.25) is 0 Å². The summed E-state index contributed by atoms with van der Waals surface area (Å²) in [7, 11) is 1.76. The second kappa shape index (κ2) is 6.56. The number of rotatable bonds is 6. The van der Waals surface area contributed by atoms with Crippen molar-refractivity contribution in [1.29, 1.82) is 0 Å². The topological polar surface area (TPSA) is 61.2 Å². The fourth-order valence-electron chi connectivity index (χ4n) is 2.81. The summed E-state index contributed by atoms with van der Waals surface area (Å²) in [6, 6.07) is 6.36. The summed E-state index contributed by atoms with van der Waals surface area (Å²) in [4.78, 5) is 3.99. The number of nitrogens with zero attached hydrogens (tertiary/aromatic N) is 3. The van der Waals surface area contributed by atoms with Gasteiger partial charge in [0.15, 0.2) is 0 Å². The molecule has 3 rings (SSSR count). The van der Waals surface area contributed by atoms with Gasteiger partial charge < -0.3 is 14.8 Å². The van der Waals surface area contributed by atoms with Crippen molar-refractivity contribution in [1.82, 2.24) is 20.1 Å². The largest absolute Gasteiger partial charge is 0.378 e. The molecule has 1 unspecified atom stereocenters. The number of aromatic nitrogens is 3. The van der Waals surface area contributed by atoms with Crippen LogP contribution >= 0.6 is 0 Å². The molecule has 1 atom stereocenters. The molecule has 1 saturated heterocycles. The molecule has 0 bridgehead atoms. The molecule has 1 aliphatic rings. The van der Waals surface area contributed by atoms with Crippen LogP contribution in [0, 0.1) is 6.92 Å². The molecule has 1 aliphatic heterocycles. The van der Waals surface area contributed by atoms with Crippen molar-refractivity contribution in [3.05, 3.63) is 42.0 Å². The first kappa shape index (κ1) is 15.1. The van der Waals surface area contributed by atoms with E-state index in [4.69, 9.17) is 9.47 Å². The molecule has 22 heavy (non-hydrogen) atoms. The highest BCUT2D eigenvalue weighted by atomic mass is 16.5.